The Balaban J connectivity index is 3.03. The van der Waals surface area contributed by atoms with Crippen molar-refractivity contribution in [2.75, 3.05) is 20.6 Å². The van der Waals surface area contributed by atoms with E-state index in [0.29, 0.717) is 0 Å². The second-order valence-corrected chi connectivity index (χ2v) is 3.01. The van der Waals surface area contributed by atoms with Gasteiger partial charge in [-0.15, -0.1) is 0 Å². The Bertz CT molecular complexity index is 73.7. The van der Waals surface area contributed by atoms with E-state index in [4.69, 9.17) is 5.11 Å². The summed E-state index contributed by atoms with van der Waals surface area (Å²) in [7, 11) is 4.11. The van der Waals surface area contributed by atoms with E-state index in [0.717, 1.165) is 25.8 Å². The van der Waals surface area contributed by atoms with Crippen LogP contribution in [0.2, 0.25) is 0 Å². The Kier molecular flexibility index (Phi) is 5.64. The normalized spacial score (nSPS) is 14.1. The molecule has 0 amide bonds. The van der Waals surface area contributed by atoms with Gasteiger partial charge in [0.05, 0.1) is 6.10 Å². The number of nitrogens with zero attached hydrogens (tertiary/aromatic N) is 1. The van der Waals surface area contributed by atoms with Crippen molar-refractivity contribution in [1.29, 1.82) is 0 Å². The summed E-state index contributed by atoms with van der Waals surface area (Å²) in [6.45, 7) is 3.09. The predicted molar refractivity (Wildman–Crippen MR) is 44.1 cm³/mol. The topological polar surface area (TPSA) is 23.5 Å². The van der Waals surface area contributed by atoms with Gasteiger partial charge in [-0.25, -0.2) is 0 Å². The first-order chi connectivity index (χ1) is 4.66. The van der Waals surface area contributed by atoms with Gasteiger partial charge in [-0.1, -0.05) is 6.92 Å². The highest BCUT2D eigenvalue weighted by atomic mass is 16.3. The molecule has 0 spiro atoms. The largest absolute Gasteiger partial charge is 0.393 e. The lowest BCUT2D eigenvalue weighted by Gasteiger charge is -2.11. The zero-order valence-electron chi connectivity index (χ0n) is 7.30. The molecule has 1 atom stereocenters. The minimum absolute atomic E-state index is 0.0834. The van der Waals surface area contributed by atoms with Crippen LogP contribution < -0.4 is 0 Å². The van der Waals surface area contributed by atoms with Crippen molar-refractivity contribution >= 4 is 0 Å². The summed E-state index contributed by atoms with van der Waals surface area (Å²) < 4.78 is 0. The zero-order valence-corrected chi connectivity index (χ0v) is 7.30. The lowest BCUT2D eigenvalue weighted by atomic mass is 10.1. The molecular weight excluding hydrogens is 126 g/mol. The van der Waals surface area contributed by atoms with E-state index in [1.54, 1.807) is 0 Å². The van der Waals surface area contributed by atoms with E-state index in [1.807, 2.05) is 6.92 Å². The molecule has 0 aliphatic carbocycles. The number of aliphatic hydroxyl groups excluding tert-OH is 1. The highest BCUT2D eigenvalue weighted by Gasteiger charge is 1.99. The van der Waals surface area contributed by atoms with Crippen LogP contribution in [0.25, 0.3) is 0 Å². The van der Waals surface area contributed by atoms with Gasteiger partial charge in [0, 0.05) is 0 Å². The van der Waals surface area contributed by atoms with E-state index in [1.165, 1.54) is 0 Å². The number of aliphatic hydroxyl groups is 1. The van der Waals surface area contributed by atoms with Crippen LogP contribution in [-0.4, -0.2) is 36.8 Å². The molecule has 0 aliphatic rings. The molecule has 0 aromatic heterocycles. The molecule has 0 aromatic carbocycles. The van der Waals surface area contributed by atoms with Gasteiger partial charge in [0.1, 0.15) is 0 Å². The third kappa shape index (κ3) is 6.05. The lowest BCUT2D eigenvalue weighted by Crippen LogP contribution is -2.15. The Morgan fingerprint density at radius 1 is 1.40 bits per heavy atom. The molecule has 0 aliphatic heterocycles. The molecule has 0 aromatic rings. The maximum Gasteiger partial charge on any atom is 0.0538 e. The van der Waals surface area contributed by atoms with Crippen molar-refractivity contribution in [2.45, 2.75) is 32.3 Å². The monoisotopic (exact) mass is 145 g/mol. The van der Waals surface area contributed by atoms with Crippen molar-refractivity contribution in [3.8, 4) is 0 Å². The van der Waals surface area contributed by atoms with Crippen molar-refractivity contribution < 1.29 is 5.11 Å². The Hall–Kier alpha value is -0.0800. The fourth-order valence-electron chi connectivity index (χ4n) is 0.847. The molecule has 0 saturated heterocycles. The van der Waals surface area contributed by atoms with Gasteiger partial charge in [0.2, 0.25) is 0 Å². The number of rotatable bonds is 5. The summed E-state index contributed by atoms with van der Waals surface area (Å²) in [5, 5.41) is 9.15. The first-order valence-electron chi connectivity index (χ1n) is 3.99. The van der Waals surface area contributed by atoms with E-state index in [9.17, 15) is 0 Å². The van der Waals surface area contributed by atoms with Crippen LogP contribution in [0.1, 0.15) is 26.2 Å². The summed E-state index contributed by atoms with van der Waals surface area (Å²) in [4.78, 5) is 2.14. The van der Waals surface area contributed by atoms with Gasteiger partial charge in [-0.05, 0) is 39.9 Å². The van der Waals surface area contributed by atoms with Crippen LogP contribution in [0.15, 0.2) is 0 Å². The summed E-state index contributed by atoms with van der Waals surface area (Å²) in [5.41, 5.74) is 0. The molecule has 1 unspecified atom stereocenters. The SMILES string of the molecule is CCC(O)CCCN(C)C. The quantitative estimate of drug-likeness (QED) is 0.626. The molecule has 62 valence electrons. The molecule has 0 fully saturated rings. The molecule has 2 heteroatoms. The van der Waals surface area contributed by atoms with E-state index < -0.39 is 0 Å². The molecule has 2 nitrogen and oxygen atoms in total. The second-order valence-electron chi connectivity index (χ2n) is 3.01. The highest BCUT2D eigenvalue weighted by Crippen LogP contribution is 2.00. The van der Waals surface area contributed by atoms with Crippen LogP contribution in [0, 0.1) is 0 Å². The fourth-order valence-corrected chi connectivity index (χ4v) is 0.847. The standard InChI is InChI=1S/C8H19NO/c1-4-8(10)6-5-7-9(2)3/h8,10H,4-7H2,1-3H3. The average Bonchev–Trinajstić information content (AvgIpc) is 1.87. The number of hydrogen-bond donors (Lipinski definition) is 1. The van der Waals surface area contributed by atoms with E-state index in [-0.39, 0.29) is 6.10 Å². The molecule has 0 rings (SSSR count). The van der Waals surface area contributed by atoms with E-state index in [2.05, 4.69) is 19.0 Å². The third-order valence-electron chi connectivity index (χ3n) is 1.61. The molecule has 10 heavy (non-hydrogen) atoms. The minimum atomic E-state index is -0.0834. The van der Waals surface area contributed by atoms with E-state index >= 15 is 0 Å². The molecule has 0 saturated carbocycles. The van der Waals surface area contributed by atoms with Crippen molar-refractivity contribution in [2.24, 2.45) is 0 Å². The number of hydrogen-bond acceptors (Lipinski definition) is 2. The molecule has 0 heterocycles. The Morgan fingerprint density at radius 3 is 2.40 bits per heavy atom. The third-order valence-corrected chi connectivity index (χ3v) is 1.61. The maximum absolute atomic E-state index is 9.15. The van der Waals surface area contributed by atoms with Gasteiger partial charge < -0.3 is 10.0 Å². The van der Waals surface area contributed by atoms with Crippen molar-refractivity contribution in [3.63, 3.8) is 0 Å². The van der Waals surface area contributed by atoms with Crippen molar-refractivity contribution in [3.05, 3.63) is 0 Å². The summed E-state index contributed by atoms with van der Waals surface area (Å²) in [6, 6.07) is 0. The first-order valence-corrected chi connectivity index (χ1v) is 3.99. The van der Waals surface area contributed by atoms with Gasteiger partial charge in [-0.3, -0.25) is 0 Å². The summed E-state index contributed by atoms with van der Waals surface area (Å²) in [6.07, 6.45) is 2.84. The summed E-state index contributed by atoms with van der Waals surface area (Å²) >= 11 is 0. The van der Waals surface area contributed by atoms with Crippen molar-refractivity contribution in [1.82, 2.24) is 4.90 Å². The van der Waals surface area contributed by atoms with Gasteiger partial charge in [0.15, 0.2) is 0 Å². The minimum Gasteiger partial charge on any atom is -0.393 e. The second kappa shape index (κ2) is 5.69. The first kappa shape index (κ1) is 9.92. The maximum atomic E-state index is 9.15. The molecule has 0 bridgehead atoms. The smallest absolute Gasteiger partial charge is 0.0538 e. The predicted octanol–water partition coefficient (Wildman–Crippen LogP) is 1.10. The van der Waals surface area contributed by atoms with Crippen LogP contribution in [-0.2, 0) is 0 Å². The lowest BCUT2D eigenvalue weighted by molar-refractivity contribution is 0.153. The average molecular weight is 145 g/mol. The summed E-state index contributed by atoms with van der Waals surface area (Å²) in [5.74, 6) is 0. The van der Waals surface area contributed by atoms with Crippen LogP contribution in [0.3, 0.4) is 0 Å². The molecular formula is C8H19NO. The van der Waals surface area contributed by atoms with Crippen LogP contribution in [0.4, 0.5) is 0 Å². The molecule has 0 radical (unpaired) electrons. The fraction of sp³-hybridized carbons (Fsp3) is 1.00. The van der Waals surface area contributed by atoms with Gasteiger partial charge in [0.25, 0.3) is 0 Å². The Labute approximate surface area is 63.8 Å². The zero-order chi connectivity index (χ0) is 7.98. The highest BCUT2D eigenvalue weighted by molar-refractivity contribution is 4.53. The van der Waals surface area contributed by atoms with Gasteiger partial charge in [-0.2, -0.15) is 0 Å². The van der Waals surface area contributed by atoms with Crippen LogP contribution in [0.5, 0.6) is 0 Å². The Morgan fingerprint density at radius 2 is 2.00 bits per heavy atom. The molecule has 1 N–H and O–H groups in total. The van der Waals surface area contributed by atoms with Gasteiger partial charge >= 0.3 is 0 Å². The van der Waals surface area contributed by atoms with Crippen LogP contribution >= 0.6 is 0 Å².